The molecular weight excluding hydrogens is 360 g/mol. The first-order chi connectivity index (χ1) is 13.3. The second-order valence-corrected chi connectivity index (χ2v) is 6.51. The Hall–Kier alpha value is -3.68. The second-order valence-electron chi connectivity index (χ2n) is 6.51. The molecule has 28 heavy (non-hydrogen) atoms. The lowest BCUT2D eigenvalue weighted by Crippen LogP contribution is -2.15. The van der Waals surface area contributed by atoms with Crippen LogP contribution in [0.1, 0.15) is 27.2 Å². The Morgan fingerprint density at radius 3 is 2.61 bits per heavy atom. The van der Waals surface area contributed by atoms with Crippen LogP contribution in [0.2, 0.25) is 0 Å². The zero-order valence-corrected chi connectivity index (χ0v) is 15.8. The lowest BCUT2D eigenvalue weighted by Gasteiger charge is -2.10. The Kier molecular flexibility index (Phi) is 5.39. The molecule has 0 atom stereocenters. The minimum absolute atomic E-state index is 0.127. The third kappa shape index (κ3) is 4.35. The number of aromatic nitrogens is 2. The number of nitrogens with one attached hydrogen (secondary N) is 1. The maximum Gasteiger partial charge on any atom is 0.293 e. The van der Waals surface area contributed by atoms with Crippen LogP contribution in [0.4, 0.5) is 11.4 Å². The number of hydrogen-bond acceptors (Lipinski definition) is 5. The lowest BCUT2D eigenvalue weighted by atomic mass is 10.1. The van der Waals surface area contributed by atoms with Gasteiger partial charge in [-0.25, -0.2) is 4.68 Å². The normalized spacial score (nSPS) is 10.5. The number of nitro benzene ring substituents is 1. The molecule has 1 amide bonds. The number of rotatable bonds is 6. The SMILES string of the molecule is Cc1ccc(C)c(OCn2ccc(C(=O)Nc3ccc(C)cc3[N+](=O)[O-])n2)c1. The molecular formula is C20H20N4O4. The number of nitrogens with zero attached hydrogens (tertiary/aromatic N) is 3. The van der Waals surface area contributed by atoms with E-state index in [4.69, 9.17) is 4.74 Å². The van der Waals surface area contributed by atoms with Crippen LogP contribution >= 0.6 is 0 Å². The number of carbonyl (C=O) groups excluding carboxylic acids is 1. The molecule has 8 heteroatoms. The molecule has 0 aliphatic heterocycles. The van der Waals surface area contributed by atoms with E-state index in [1.165, 1.54) is 22.9 Å². The largest absolute Gasteiger partial charge is 0.471 e. The Bertz CT molecular complexity index is 1040. The standard InChI is InChI=1S/C20H20N4O4/c1-13-5-7-16(18(10-13)24(26)27)21-20(25)17-8-9-23(22-17)12-28-19-11-14(2)4-6-15(19)3/h4-11H,12H2,1-3H3,(H,21,25). The van der Waals surface area contributed by atoms with Gasteiger partial charge >= 0.3 is 0 Å². The van der Waals surface area contributed by atoms with Gasteiger partial charge in [-0.05, 0) is 55.7 Å². The summed E-state index contributed by atoms with van der Waals surface area (Å²) in [5, 5.41) is 17.9. The molecule has 0 aliphatic carbocycles. The van der Waals surface area contributed by atoms with Gasteiger partial charge in [0.15, 0.2) is 12.4 Å². The predicted molar refractivity (Wildman–Crippen MR) is 105 cm³/mol. The lowest BCUT2D eigenvalue weighted by molar-refractivity contribution is -0.384. The number of aryl methyl sites for hydroxylation is 3. The van der Waals surface area contributed by atoms with E-state index >= 15 is 0 Å². The zero-order valence-electron chi connectivity index (χ0n) is 15.8. The molecule has 1 aromatic heterocycles. The summed E-state index contributed by atoms with van der Waals surface area (Å²) in [6, 6.07) is 12.0. The highest BCUT2D eigenvalue weighted by Crippen LogP contribution is 2.25. The summed E-state index contributed by atoms with van der Waals surface area (Å²) in [5.74, 6) is 0.217. The molecule has 8 nitrogen and oxygen atoms in total. The van der Waals surface area contributed by atoms with Crippen LogP contribution in [-0.4, -0.2) is 20.6 Å². The van der Waals surface area contributed by atoms with Crippen molar-refractivity contribution in [1.29, 1.82) is 0 Å². The molecule has 0 radical (unpaired) electrons. The summed E-state index contributed by atoms with van der Waals surface area (Å²) in [6.07, 6.45) is 1.61. The van der Waals surface area contributed by atoms with Crippen LogP contribution in [0.3, 0.4) is 0 Å². The average Bonchev–Trinajstić information content (AvgIpc) is 3.13. The minimum atomic E-state index is -0.530. The number of ether oxygens (including phenoxy) is 1. The van der Waals surface area contributed by atoms with Gasteiger partial charge in [-0.15, -0.1) is 0 Å². The van der Waals surface area contributed by atoms with Crippen molar-refractivity contribution in [3.05, 3.63) is 81.2 Å². The predicted octanol–water partition coefficient (Wildman–Crippen LogP) is 4.01. The van der Waals surface area contributed by atoms with Crippen LogP contribution in [0.15, 0.2) is 48.7 Å². The molecule has 0 saturated carbocycles. The maximum absolute atomic E-state index is 12.4. The van der Waals surface area contributed by atoms with E-state index in [0.29, 0.717) is 0 Å². The third-order valence-corrected chi connectivity index (χ3v) is 4.17. The maximum atomic E-state index is 12.4. The number of anilines is 1. The first-order valence-corrected chi connectivity index (χ1v) is 8.63. The van der Waals surface area contributed by atoms with E-state index in [1.54, 1.807) is 19.2 Å². The molecule has 0 unspecified atom stereocenters. The summed E-state index contributed by atoms with van der Waals surface area (Å²) in [6.45, 7) is 5.82. The second kappa shape index (κ2) is 7.91. The highest BCUT2D eigenvalue weighted by molar-refractivity contribution is 6.04. The van der Waals surface area contributed by atoms with Crippen LogP contribution < -0.4 is 10.1 Å². The van der Waals surface area contributed by atoms with Crippen molar-refractivity contribution in [2.75, 3.05) is 5.32 Å². The van der Waals surface area contributed by atoms with Gasteiger partial charge in [0.05, 0.1) is 4.92 Å². The first kappa shape index (κ1) is 19.1. The highest BCUT2D eigenvalue weighted by atomic mass is 16.6. The van der Waals surface area contributed by atoms with E-state index in [9.17, 15) is 14.9 Å². The van der Waals surface area contributed by atoms with Crippen molar-refractivity contribution in [1.82, 2.24) is 9.78 Å². The Morgan fingerprint density at radius 1 is 1.14 bits per heavy atom. The number of hydrogen-bond donors (Lipinski definition) is 1. The van der Waals surface area contributed by atoms with Crippen molar-refractivity contribution in [3.8, 4) is 5.75 Å². The fourth-order valence-corrected chi connectivity index (χ4v) is 2.64. The van der Waals surface area contributed by atoms with Gasteiger partial charge in [-0.2, -0.15) is 5.10 Å². The van der Waals surface area contributed by atoms with Crippen molar-refractivity contribution < 1.29 is 14.5 Å². The van der Waals surface area contributed by atoms with E-state index in [-0.39, 0.29) is 23.8 Å². The van der Waals surface area contributed by atoms with Gasteiger partial charge in [0, 0.05) is 12.3 Å². The van der Waals surface area contributed by atoms with Gasteiger partial charge in [0.1, 0.15) is 11.4 Å². The van der Waals surface area contributed by atoms with E-state index in [1.807, 2.05) is 32.0 Å². The Labute approximate surface area is 161 Å². The zero-order chi connectivity index (χ0) is 20.3. The Morgan fingerprint density at radius 2 is 1.86 bits per heavy atom. The van der Waals surface area contributed by atoms with Crippen LogP contribution in [0.5, 0.6) is 5.75 Å². The smallest absolute Gasteiger partial charge is 0.293 e. The molecule has 0 fully saturated rings. The van der Waals surface area contributed by atoms with E-state index in [0.717, 1.165) is 22.4 Å². The number of nitro groups is 1. The summed E-state index contributed by atoms with van der Waals surface area (Å²) in [7, 11) is 0. The summed E-state index contributed by atoms with van der Waals surface area (Å²) in [5.41, 5.74) is 2.92. The molecule has 0 aliphatic rings. The molecule has 3 aromatic rings. The van der Waals surface area contributed by atoms with Crippen LogP contribution in [-0.2, 0) is 6.73 Å². The van der Waals surface area contributed by atoms with Gasteiger partial charge < -0.3 is 10.1 Å². The molecule has 144 valence electrons. The topological polar surface area (TPSA) is 99.3 Å². The summed E-state index contributed by atoms with van der Waals surface area (Å²) in [4.78, 5) is 23.1. The molecule has 2 aromatic carbocycles. The van der Waals surface area contributed by atoms with E-state index in [2.05, 4.69) is 10.4 Å². The molecule has 1 N–H and O–H groups in total. The van der Waals surface area contributed by atoms with Crippen molar-refractivity contribution in [2.24, 2.45) is 0 Å². The van der Waals surface area contributed by atoms with Crippen LogP contribution in [0, 0.1) is 30.9 Å². The van der Waals surface area contributed by atoms with E-state index < -0.39 is 10.8 Å². The molecule has 0 spiro atoms. The molecule has 0 bridgehead atoms. The summed E-state index contributed by atoms with van der Waals surface area (Å²) >= 11 is 0. The average molecular weight is 380 g/mol. The molecule has 0 saturated heterocycles. The van der Waals surface area contributed by atoms with Gasteiger partial charge in [0.2, 0.25) is 0 Å². The van der Waals surface area contributed by atoms with Gasteiger partial charge in [-0.3, -0.25) is 14.9 Å². The number of amides is 1. The highest BCUT2D eigenvalue weighted by Gasteiger charge is 2.18. The first-order valence-electron chi connectivity index (χ1n) is 8.63. The number of benzene rings is 2. The monoisotopic (exact) mass is 380 g/mol. The van der Waals surface area contributed by atoms with Crippen molar-refractivity contribution >= 4 is 17.3 Å². The van der Waals surface area contributed by atoms with Crippen molar-refractivity contribution in [2.45, 2.75) is 27.5 Å². The van der Waals surface area contributed by atoms with Crippen LogP contribution in [0.25, 0.3) is 0 Å². The summed E-state index contributed by atoms with van der Waals surface area (Å²) < 4.78 is 7.24. The fourth-order valence-electron chi connectivity index (χ4n) is 2.64. The van der Waals surface area contributed by atoms with Crippen molar-refractivity contribution in [3.63, 3.8) is 0 Å². The van der Waals surface area contributed by atoms with Gasteiger partial charge in [-0.1, -0.05) is 18.2 Å². The minimum Gasteiger partial charge on any atom is -0.471 e. The molecule has 1 heterocycles. The fraction of sp³-hybridized carbons (Fsp3) is 0.200. The number of carbonyl (C=O) groups is 1. The Balaban J connectivity index is 1.69. The van der Waals surface area contributed by atoms with Gasteiger partial charge in [0.25, 0.3) is 11.6 Å². The molecule has 3 rings (SSSR count). The quantitative estimate of drug-likeness (QED) is 0.515. The third-order valence-electron chi connectivity index (χ3n) is 4.17.